The van der Waals surface area contributed by atoms with E-state index in [1.807, 2.05) is 0 Å². The van der Waals surface area contributed by atoms with E-state index >= 15 is 0 Å². The molecule has 0 aliphatic heterocycles. The van der Waals surface area contributed by atoms with E-state index in [1.165, 1.54) is 43.5 Å². The molecule has 0 aliphatic rings. The molecule has 0 unspecified atom stereocenters. The Kier molecular flexibility index (Phi) is 5.97. The van der Waals surface area contributed by atoms with Crippen LogP contribution in [0.15, 0.2) is 54.6 Å². The van der Waals surface area contributed by atoms with E-state index in [1.54, 1.807) is 39.0 Å². The molecule has 7 heteroatoms. The highest BCUT2D eigenvalue weighted by molar-refractivity contribution is 6.00. The summed E-state index contributed by atoms with van der Waals surface area (Å²) in [5.74, 6) is -2.03. The summed E-state index contributed by atoms with van der Waals surface area (Å²) in [6.07, 6.45) is 0. The number of hydrogen-bond donors (Lipinski definition) is 0. The Labute approximate surface area is 157 Å². The number of hydrogen-bond acceptors (Lipinski definition) is 5. The topological polar surface area (TPSA) is 90.0 Å². The van der Waals surface area contributed by atoms with Gasteiger partial charge in [-0.2, -0.15) is 0 Å². The van der Waals surface area contributed by atoms with Crippen molar-refractivity contribution < 1.29 is 19.1 Å². The second-order valence-corrected chi connectivity index (χ2v) is 6.80. The van der Waals surface area contributed by atoms with Gasteiger partial charge in [0.05, 0.1) is 18.2 Å². The zero-order chi connectivity index (χ0) is 20.2. The molecule has 0 heterocycles. The molecule has 0 radical (unpaired) electrons. The third kappa shape index (κ3) is 4.51. The zero-order valence-electron chi connectivity index (χ0n) is 15.6. The standard InChI is InChI=1S/C20H21N2O5/c1-20(2,3)21(22(26)18(24)14-8-6-5-7-9-14)17(23)15-10-12-16(13-11-15)19(25)27-4/h5-13H,1-4H3/q-1. The van der Waals surface area contributed by atoms with Crippen molar-refractivity contribution >= 4 is 17.8 Å². The summed E-state index contributed by atoms with van der Waals surface area (Å²) in [6, 6.07) is 13.7. The normalized spacial score (nSPS) is 10.9. The molecule has 7 nitrogen and oxygen atoms in total. The fraction of sp³-hybridized carbons (Fsp3) is 0.250. The average Bonchev–Trinajstić information content (AvgIpc) is 2.66. The van der Waals surface area contributed by atoms with Crippen molar-refractivity contribution in [1.29, 1.82) is 0 Å². The Bertz CT molecular complexity index is 826. The molecule has 2 aromatic rings. The maximum absolute atomic E-state index is 12.9. The number of benzene rings is 2. The van der Waals surface area contributed by atoms with Gasteiger partial charge in [0.25, 0.3) is 11.8 Å². The first-order valence-electron chi connectivity index (χ1n) is 8.26. The van der Waals surface area contributed by atoms with Crippen LogP contribution in [0.2, 0.25) is 0 Å². The molecule has 0 fully saturated rings. The van der Waals surface area contributed by atoms with Crippen LogP contribution in [0.25, 0.3) is 0 Å². The molecule has 0 aromatic heterocycles. The third-order valence-corrected chi connectivity index (χ3v) is 3.76. The van der Waals surface area contributed by atoms with Gasteiger partial charge in [-0.15, -0.1) is 0 Å². The second kappa shape index (κ2) is 8.01. The molecule has 2 aromatic carbocycles. The molecule has 27 heavy (non-hydrogen) atoms. The summed E-state index contributed by atoms with van der Waals surface area (Å²) in [6.45, 7) is 4.95. The quantitative estimate of drug-likeness (QED) is 0.612. The lowest BCUT2D eigenvalue weighted by atomic mass is 10.1. The van der Waals surface area contributed by atoms with E-state index < -0.39 is 23.3 Å². The van der Waals surface area contributed by atoms with Crippen molar-refractivity contribution in [3.05, 3.63) is 76.5 Å². The Morgan fingerprint density at radius 3 is 1.78 bits per heavy atom. The highest BCUT2D eigenvalue weighted by atomic mass is 16.6. The van der Waals surface area contributed by atoms with Gasteiger partial charge in [-0.05, 0) is 57.2 Å². The zero-order valence-corrected chi connectivity index (χ0v) is 15.6. The fourth-order valence-corrected chi connectivity index (χ4v) is 2.43. The minimum absolute atomic E-state index is 0.0753. The van der Waals surface area contributed by atoms with Gasteiger partial charge in [-0.25, -0.2) is 4.79 Å². The van der Waals surface area contributed by atoms with E-state index in [0.717, 1.165) is 5.01 Å². The predicted octanol–water partition coefficient (Wildman–Crippen LogP) is 3.27. The molecule has 0 aliphatic carbocycles. The molecule has 0 atom stereocenters. The summed E-state index contributed by atoms with van der Waals surface area (Å²) in [5.41, 5.74) is -0.338. The van der Waals surface area contributed by atoms with Crippen LogP contribution >= 0.6 is 0 Å². The predicted molar refractivity (Wildman–Crippen MR) is 99.7 cm³/mol. The summed E-state index contributed by atoms with van der Waals surface area (Å²) in [7, 11) is 1.26. The van der Waals surface area contributed by atoms with Gasteiger partial charge in [0.15, 0.2) is 0 Å². The number of methoxy groups -OCH3 is 1. The van der Waals surface area contributed by atoms with Crippen molar-refractivity contribution in [3.63, 3.8) is 0 Å². The van der Waals surface area contributed by atoms with Crippen LogP contribution in [0.3, 0.4) is 0 Å². The second-order valence-electron chi connectivity index (χ2n) is 6.80. The fourth-order valence-electron chi connectivity index (χ4n) is 2.43. The van der Waals surface area contributed by atoms with Crippen LogP contribution < -0.4 is 0 Å². The highest BCUT2D eigenvalue weighted by Gasteiger charge is 2.31. The average molecular weight is 369 g/mol. The first kappa shape index (κ1) is 20.1. The molecule has 0 bridgehead atoms. The monoisotopic (exact) mass is 369 g/mol. The molecule has 0 spiro atoms. The van der Waals surface area contributed by atoms with Gasteiger partial charge in [0.2, 0.25) is 0 Å². The van der Waals surface area contributed by atoms with Crippen molar-refractivity contribution in [2.45, 2.75) is 26.3 Å². The lowest BCUT2D eigenvalue weighted by molar-refractivity contribution is -0.0205. The van der Waals surface area contributed by atoms with Gasteiger partial charge in [-0.1, -0.05) is 18.2 Å². The Morgan fingerprint density at radius 2 is 1.30 bits per heavy atom. The summed E-state index contributed by atoms with van der Waals surface area (Å²) < 4.78 is 4.62. The van der Waals surface area contributed by atoms with Gasteiger partial charge in [0.1, 0.15) is 0 Å². The first-order chi connectivity index (χ1) is 12.7. The molecular formula is C20H21N2O5-. The Balaban J connectivity index is 2.34. The van der Waals surface area contributed by atoms with E-state index in [9.17, 15) is 19.6 Å². The van der Waals surface area contributed by atoms with Gasteiger partial charge < -0.3 is 15.1 Å². The molecular weight excluding hydrogens is 348 g/mol. The molecule has 0 saturated heterocycles. The number of nitrogens with zero attached hydrogens (tertiary/aromatic N) is 2. The van der Waals surface area contributed by atoms with Crippen molar-refractivity contribution in [2.24, 2.45) is 0 Å². The van der Waals surface area contributed by atoms with Crippen molar-refractivity contribution in [2.75, 3.05) is 7.11 Å². The lowest BCUT2D eigenvalue weighted by Gasteiger charge is -2.47. The Morgan fingerprint density at radius 1 is 0.815 bits per heavy atom. The molecule has 142 valence electrons. The van der Waals surface area contributed by atoms with E-state index in [2.05, 4.69) is 4.74 Å². The SMILES string of the molecule is COC(=O)c1ccc(C(=O)N(N([O-])C(=O)c2ccccc2)C(C)(C)C)cc1. The number of ether oxygens (including phenoxy) is 1. The van der Waals surface area contributed by atoms with Gasteiger partial charge >= 0.3 is 5.97 Å². The number of amides is 2. The lowest BCUT2D eigenvalue weighted by Crippen LogP contribution is -2.55. The number of rotatable bonds is 3. The van der Waals surface area contributed by atoms with Gasteiger partial charge in [0, 0.05) is 11.1 Å². The number of esters is 1. The van der Waals surface area contributed by atoms with Crippen LogP contribution in [0.4, 0.5) is 0 Å². The summed E-state index contributed by atoms with van der Waals surface area (Å²) in [5, 5.41) is 13.7. The summed E-state index contributed by atoms with van der Waals surface area (Å²) in [4.78, 5) is 37.0. The van der Waals surface area contributed by atoms with Crippen molar-refractivity contribution in [1.82, 2.24) is 10.2 Å². The molecule has 2 amide bonds. The summed E-state index contributed by atoms with van der Waals surface area (Å²) >= 11 is 0. The van der Waals surface area contributed by atoms with Crippen LogP contribution in [0.1, 0.15) is 51.8 Å². The van der Waals surface area contributed by atoms with Crippen LogP contribution in [-0.2, 0) is 4.74 Å². The van der Waals surface area contributed by atoms with Crippen LogP contribution in [0, 0.1) is 5.21 Å². The maximum Gasteiger partial charge on any atom is 0.337 e. The maximum atomic E-state index is 12.9. The van der Waals surface area contributed by atoms with Crippen LogP contribution in [0.5, 0.6) is 0 Å². The molecule has 0 saturated carbocycles. The minimum Gasteiger partial charge on any atom is -0.736 e. The first-order valence-corrected chi connectivity index (χ1v) is 8.26. The van der Waals surface area contributed by atoms with E-state index in [0.29, 0.717) is 0 Å². The van der Waals surface area contributed by atoms with E-state index in [-0.39, 0.29) is 21.9 Å². The third-order valence-electron chi connectivity index (χ3n) is 3.76. The number of hydroxylamine groups is 1. The highest BCUT2D eigenvalue weighted by Crippen LogP contribution is 2.22. The molecule has 2 rings (SSSR count). The van der Waals surface area contributed by atoms with Gasteiger partial charge in [-0.3, -0.25) is 14.6 Å². The number of hydrazine groups is 1. The largest absolute Gasteiger partial charge is 0.736 e. The number of carbonyl (C=O) groups excluding carboxylic acids is 3. The van der Waals surface area contributed by atoms with Crippen LogP contribution in [-0.4, -0.2) is 40.6 Å². The Hall–Kier alpha value is -3.19. The van der Waals surface area contributed by atoms with Crippen molar-refractivity contribution in [3.8, 4) is 0 Å². The smallest absolute Gasteiger partial charge is 0.337 e. The van der Waals surface area contributed by atoms with E-state index in [4.69, 9.17) is 0 Å². The number of carbonyl (C=O) groups is 3. The molecule has 0 N–H and O–H groups in total. The minimum atomic E-state index is -0.954.